The molecule has 0 amide bonds. The van der Waals surface area contributed by atoms with Crippen LogP contribution in [0.5, 0.6) is 5.75 Å². The number of pyridine rings is 1. The molecule has 3 rings (SSSR count). The van der Waals surface area contributed by atoms with Crippen LogP contribution >= 0.6 is 15.9 Å². The van der Waals surface area contributed by atoms with E-state index >= 15 is 0 Å². The molecule has 0 aliphatic heterocycles. The molecular formula is C12H8BrN3O. The molecule has 0 spiro atoms. The summed E-state index contributed by atoms with van der Waals surface area (Å²) in [6.45, 7) is 0. The molecule has 0 bridgehead atoms. The highest BCUT2D eigenvalue weighted by atomic mass is 79.9. The van der Waals surface area contributed by atoms with Crippen LogP contribution in [0.15, 0.2) is 47.1 Å². The molecule has 0 saturated carbocycles. The van der Waals surface area contributed by atoms with Crippen LogP contribution in [0.25, 0.3) is 17.0 Å². The average molecular weight is 290 g/mol. The van der Waals surface area contributed by atoms with Gasteiger partial charge in [0.2, 0.25) is 0 Å². The van der Waals surface area contributed by atoms with Crippen molar-refractivity contribution in [2.45, 2.75) is 0 Å². The predicted molar refractivity (Wildman–Crippen MR) is 67.8 cm³/mol. The zero-order valence-electron chi connectivity index (χ0n) is 8.71. The summed E-state index contributed by atoms with van der Waals surface area (Å²) in [5.41, 5.74) is 1.64. The van der Waals surface area contributed by atoms with E-state index in [1.807, 2.05) is 24.3 Å². The standard InChI is InChI=1S/C12H8BrN3O/c13-10-4-2-1-3-9(10)12-15-14-11-6-5-8(17)7-16(11)12/h1-7,17H. The van der Waals surface area contributed by atoms with Crippen molar-refractivity contribution in [2.75, 3.05) is 0 Å². The molecule has 0 atom stereocenters. The van der Waals surface area contributed by atoms with Gasteiger partial charge in [0, 0.05) is 10.0 Å². The first kappa shape index (κ1) is 10.3. The quantitative estimate of drug-likeness (QED) is 0.749. The maximum Gasteiger partial charge on any atom is 0.169 e. The highest BCUT2D eigenvalue weighted by Crippen LogP contribution is 2.27. The molecule has 2 aromatic heterocycles. The number of nitrogens with zero attached hydrogens (tertiary/aromatic N) is 3. The maximum absolute atomic E-state index is 9.50. The minimum absolute atomic E-state index is 0.186. The molecule has 5 heteroatoms. The first-order valence-corrected chi connectivity index (χ1v) is 5.83. The summed E-state index contributed by atoms with van der Waals surface area (Å²) in [7, 11) is 0. The van der Waals surface area contributed by atoms with Crippen molar-refractivity contribution < 1.29 is 5.11 Å². The number of benzene rings is 1. The lowest BCUT2D eigenvalue weighted by atomic mass is 10.2. The summed E-state index contributed by atoms with van der Waals surface area (Å²) in [6, 6.07) is 11.1. The Balaban J connectivity index is 2.31. The lowest BCUT2D eigenvalue weighted by Crippen LogP contribution is -1.89. The second kappa shape index (κ2) is 3.85. The Hall–Kier alpha value is -1.88. The van der Waals surface area contributed by atoms with E-state index in [0.29, 0.717) is 11.5 Å². The zero-order valence-corrected chi connectivity index (χ0v) is 10.3. The van der Waals surface area contributed by atoms with Crippen LogP contribution in [0.2, 0.25) is 0 Å². The molecule has 1 N–H and O–H groups in total. The molecule has 4 nitrogen and oxygen atoms in total. The van der Waals surface area contributed by atoms with E-state index in [9.17, 15) is 5.11 Å². The Labute approximate surface area is 106 Å². The van der Waals surface area contributed by atoms with Crippen LogP contribution in [0, 0.1) is 0 Å². The summed E-state index contributed by atoms with van der Waals surface area (Å²) in [5, 5.41) is 17.7. The summed E-state index contributed by atoms with van der Waals surface area (Å²) >= 11 is 3.48. The number of fused-ring (bicyclic) bond motifs is 1. The van der Waals surface area contributed by atoms with E-state index in [1.165, 1.54) is 0 Å². The second-order valence-electron chi connectivity index (χ2n) is 3.62. The normalized spacial score (nSPS) is 10.9. The first-order chi connectivity index (χ1) is 8.25. The molecule has 0 unspecified atom stereocenters. The van der Waals surface area contributed by atoms with E-state index in [-0.39, 0.29) is 5.75 Å². The Morgan fingerprint density at radius 2 is 1.88 bits per heavy atom. The molecule has 84 valence electrons. The largest absolute Gasteiger partial charge is 0.506 e. The minimum atomic E-state index is 0.186. The number of aromatic hydroxyl groups is 1. The van der Waals surface area contributed by atoms with Crippen LogP contribution in [0.4, 0.5) is 0 Å². The summed E-state index contributed by atoms with van der Waals surface area (Å²) in [6.07, 6.45) is 1.60. The van der Waals surface area contributed by atoms with Gasteiger partial charge in [-0.05, 0) is 18.2 Å². The van der Waals surface area contributed by atoms with Gasteiger partial charge in [-0.1, -0.05) is 34.1 Å². The Kier molecular flexibility index (Phi) is 2.33. The van der Waals surface area contributed by atoms with Gasteiger partial charge < -0.3 is 5.11 Å². The van der Waals surface area contributed by atoms with Crippen LogP contribution in [0.1, 0.15) is 0 Å². The van der Waals surface area contributed by atoms with E-state index in [1.54, 1.807) is 22.7 Å². The van der Waals surface area contributed by atoms with E-state index < -0.39 is 0 Å². The summed E-state index contributed by atoms with van der Waals surface area (Å²) in [4.78, 5) is 0. The van der Waals surface area contributed by atoms with Gasteiger partial charge in [0.1, 0.15) is 5.75 Å². The fraction of sp³-hybridized carbons (Fsp3) is 0. The van der Waals surface area contributed by atoms with Crippen LogP contribution in [-0.4, -0.2) is 19.7 Å². The predicted octanol–water partition coefficient (Wildman–Crippen LogP) is 2.86. The van der Waals surface area contributed by atoms with Crippen LogP contribution < -0.4 is 0 Å². The second-order valence-corrected chi connectivity index (χ2v) is 4.47. The van der Waals surface area contributed by atoms with Gasteiger partial charge in [-0.3, -0.25) is 4.40 Å². The zero-order chi connectivity index (χ0) is 11.8. The molecule has 0 aliphatic rings. The first-order valence-electron chi connectivity index (χ1n) is 5.04. The van der Waals surface area contributed by atoms with Gasteiger partial charge >= 0.3 is 0 Å². The number of hydrogen-bond acceptors (Lipinski definition) is 3. The third-order valence-corrected chi connectivity index (χ3v) is 3.19. The van der Waals surface area contributed by atoms with Gasteiger partial charge in [0.05, 0.1) is 6.20 Å². The third-order valence-electron chi connectivity index (χ3n) is 2.50. The maximum atomic E-state index is 9.50. The molecule has 0 radical (unpaired) electrons. The molecule has 3 aromatic rings. The monoisotopic (exact) mass is 289 g/mol. The number of aromatic nitrogens is 3. The molecule has 2 heterocycles. The van der Waals surface area contributed by atoms with Crippen molar-refractivity contribution in [3.8, 4) is 17.1 Å². The van der Waals surface area contributed by atoms with Crippen molar-refractivity contribution in [2.24, 2.45) is 0 Å². The number of rotatable bonds is 1. The van der Waals surface area contributed by atoms with E-state index in [0.717, 1.165) is 10.0 Å². The molecule has 0 saturated heterocycles. The fourth-order valence-electron chi connectivity index (χ4n) is 1.71. The third kappa shape index (κ3) is 1.68. The smallest absolute Gasteiger partial charge is 0.169 e. The molecule has 17 heavy (non-hydrogen) atoms. The summed E-state index contributed by atoms with van der Waals surface area (Å²) in [5.74, 6) is 0.883. The van der Waals surface area contributed by atoms with Crippen molar-refractivity contribution in [1.82, 2.24) is 14.6 Å². The van der Waals surface area contributed by atoms with Crippen molar-refractivity contribution in [3.63, 3.8) is 0 Å². The van der Waals surface area contributed by atoms with Gasteiger partial charge in [-0.15, -0.1) is 10.2 Å². The summed E-state index contributed by atoms with van der Waals surface area (Å²) < 4.78 is 2.70. The average Bonchev–Trinajstić information content (AvgIpc) is 2.72. The lowest BCUT2D eigenvalue weighted by molar-refractivity contribution is 0.472. The highest BCUT2D eigenvalue weighted by Gasteiger charge is 2.10. The fourth-order valence-corrected chi connectivity index (χ4v) is 2.17. The van der Waals surface area contributed by atoms with Gasteiger partial charge in [0.25, 0.3) is 0 Å². The SMILES string of the molecule is Oc1ccc2nnc(-c3ccccc3Br)n2c1. The molecular weight excluding hydrogens is 282 g/mol. The molecule has 1 aromatic carbocycles. The van der Waals surface area contributed by atoms with Crippen molar-refractivity contribution >= 4 is 21.6 Å². The Morgan fingerprint density at radius 3 is 2.71 bits per heavy atom. The Bertz CT molecular complexity index is 693. The van der Waals surface area contributed by atoms with Crippen LogP contribution in [0.3, 0.4) is 0 Å². The van der Waals surface area contributed by atoms with Gasteiger partial charge in [-0.2, -0.15) is 0 Å². The topological polar surface area (TPSA) is 50.4 Å². The number of hydrogen-bond donors (Lipinski definition) is 1. The minimum Gasteiger partial charge on any atom is -0.506 e. The van der Waals surface area contributed by atoms with Crippen molar-refractivity contribution in [1.29, 1.82) is 0 Å². The van der Waals surface area contributed by atoms with E-state index in [2.05, 4.69) is 26.1 Å². The lowest BCUT2D eigenvalue weighted by Gasteiger charge is -2.02. The number of halogens is 1. The van der Waals surface area contributed by atoms with Gasteiger partial charge in [0.15, 0.2) is 11.5 Å². The molecule has 0 fully saturated rings. The van der Waals surface area contributed by atoms with Crippen molar-refractivity contribution in [3.05, 3.63) is 47.1 Å². The Morgan fingerprint density at radius 1 is 1.06 bits per heavy atom. The van der Waals surface area contributed by atoms with E-state index in [4.69, 9.17) is 0 Å². The van der Waals surface area contributed by atoms with Gasteiger partial charge in [-0.25, -0.2) is 0 Å². The molecule has 0 aliphatic carbocycles. The highest BCUT2D eigenvalue weighted by molar-refractivity contribution is 9.10. The van der Waals surface area contributed by atoms with Crippen LogP contribution in [-0.2, 0) is 0 Å².